The average Bonchev–Trinajstić information content (AvgIpc) is 2.41. The maximum absolute atomic E-state index is 12.8. The quantitative estimate of drug-likeness (QED) is 0.849. The Balaban J connectivity index is 1.95. The summed E-state index contributed by atoms with van der Waals surface area (Å²) in [6.45, 7) is -0.874. The highest BCUT2D eigenvalue weighted by atomic mass is 19.3. The first-order valence-corrected chi connectivity index (χ1v) is 6.59. The van der Waals surface area contributed by atoms with Gasteiger partial charge in [-0.1, -0.05) is 18.2 Å². The highest BCUT2D eigenvalue weighted by molar-refractivity contribution is 5.49. The molecule has 0 aliphatic carbocycles. The molecule has 2 rings (SSSR count). The molecule has 5 heteroatoms. The van der Waals surface area contributed by atoms with Crippen LogP contribution in [0.4, 0.5) is 18.9 Å². The van der Waals surface area contributed by atoms with E-state index in [4.69, 9.17) is 0 Å². The van der Waals surface area contributed by atoms with Crippen LogP contribution in [0.3, 0.4) is 0 Å². The van der Waals surface area contributed by atoms with Gasteiger partial charge in [0, 0.05) is 17.8 Å². The van der Waals surface area contributed by atoms with E-state index in [9.17, 15) is 13.2 Å². The van der Waals surface area contributed by atoms with Crippen LogP contribution in [0.25, 0.3) is 0 Å². The fourth-order valence-electron chi connectivity index (χ4n) is 2.07. The number of hydrogen-bond acceptors (Lipinski definition) is 2. The van der Waals surface area contributed by atoms with Crippen LogP contribution in [0, 0.1) is 5.82 Å². The topological polar surface area (TPSA) is 21.3 Å². The van der Waals surface area contributed by atoms with Crippen molar-refractivity contribution in [1.29, 1.82) is 0 Å². The summed E-state index contributed by atoms with van der Waals surface area (Å²) in [4.78, 5) is 0. The third-order valence-electron chi connectivity index (χ3n) is 2.93. The Morgan fingerprint density at radius 3 is 2.48 bits per heavy atom. The molecule has 1 unspecified atom stereocenters. The molecule has 0 bridgehead atoms. The van der Waals surface area contributed by atoms with Crippen molar-refractivity contribution < 1.29 is 17.9 Å². The summed E-state index contributed by atoms with van der Waals surface area (Å²) in [5.41, 5.74) is 1.69. The Bertz CT molecular complexity index is 572. The van der Waals surface area contributed by atoms with Crippen molar-refractivity contribution in [3.05, 3.63) is 59.9 Å². The monoisotopic (exact) mass is 295 g/mol. The van der Waals surface area contributed by atoms with Gasteiger partial charge in [-0.2, -0.15) is 8.78 Å². The zero-order valence-electron chi connectivity index (χ0n) is 11.5. The third-order valence-corrected chi connectivity index (χ3v) is 2.93. The van der Waals surface area contributed by atoms with E-state index in [-0.39, 0.29) is 17.6 Å². The van der Waals surface area contributed by atoms with Crippen molar-refractivity contribution >= 4 is 5.69 Å². The number of nitrogens with one attached hydrogen (secondary N) is 1. The van der Waals surface area contributed by atoms with Gasteiger partial charge in [-0.15, -0.1) is 0 Å². The van der Waals surface area contributed by atoms with Gasteiger partial charge in [0.05, 0.1) is 0 Å². The lowest BCUT2D eigenvalue weighted by atomic mass is 10.1. The summed E-state index contributed by atoms with van der Waals surface area (Å²) in [7, 11) is 0. The lowest BCUT2D eigenvalue weighted by Gasteiger charge is -2.16. The van der Waals surface area contributed by atoms with Crippen LogP contribution in [0.2, 0.25) is 0 Å². The molecule has 0 aliphatic heterocycles. The van der Waals surface area contributed by atoms with Gasteiger partial charge in [-0.05, 0) is 43.2 Å². The van der Waals surface area contributed by atoms with Crippen molar-refractivity contribution in [3.8, 4) is 5.75 Å². The maximum Gasteiger partial charge on any atom is 0.387 e. The van der Waals surface area contributed by atoms with E-state index < -0.39 is 6.61 Å². The Kier molecular flexibility index (Phi) is 5.09. The summed E-state index contributed by atoms with van der Waals surface area (Å²) in [5, 5.41) is 3.20. The molecule has 0 fully saturated rings. The molecule has 1 N–H and O–H groups in total. The summed E-state index contributed by atoms with van der Waals surface area (Å²) < 4.78 is 41.5. The number of rotatable bonds is 6. The number of halogens is 3. The van der Waals surface area contributed by atoms with E-state index in [1.165, 1.54) is 24.3 Å². The van der Waals surface area contributed by atoms with E-state index >= 15 is 0 Å². The molecule has 1 atom stereocenters. The predicted molar refractivity (Wildman–Crippen MR) is 76.3 cm³/mol. The van der Waals surface area contributed by atoms with Gasteiger partial charge in [0.1, 0.15) is 11.6 Å². The highest BCUT2D eigenvalue weighted by Crippen LogP contribution is 2.20. The Morgan fingerprint density at radius 1 is 1.10 bits per heavy atom. The normalized spacial score (nSPS) is 12.2. The van der Waals surface area contributed by atoms with Gasteiger partial charge >= 0.3 is 6.61 Å². The average molecular weight is 295 g/mol. The number of benzene rings is 2. The van der Waals surface area contributed by atoms with E-state index in [0.29, 0.717) is 12.1 Å². The molecule has 0 saturated carbocycles. The summed E-state index contributed by atoms with van der Waals surface area (Å²) in [5.74, 6) is -0.153. The van der Waals surface area contributed by atoms with Gasteiger partial charge in [0.2, 0.25) is 0 Å². The van der Waals surface area contributed by atoms with E-state index in [2.05, 4.69) is 10.1 Å². The largest absolute Gasteiger partial charge is 0.435 e. The second-order valence-electron chi connectivity index (χ2n) is 4.78. The molecule has 0 heterocycles. The fraction of sp³-hybridized carbons (Fsp3) is 0.250. The minimum Gasteiger partial charge on any atom is -0.435 e. The third kappa shape index (κ3) is 5.02. The van der Waals surface area contributed by atoms with Crippen molar-refractivity contribution in [2.75, 3.05) is 5.32 Å². The zero-order valence-corrected chi connectivity index (χ0v) is 11.5. The minimum absolute atomic E-state index is 0.0669. The first-order valence-electron chi connectivity index (χ1n) is 6.59. The van der Waals surface area contributed by atoms with Gasteiger partial charge in [0.25, 0.3) is 0 Å². The first-order chi connectivity index (χ1) is 10.0. The lowest BCUT2D eigenvalue weighted by molar-refractivity contribution is -0.0498. The van der Waals surface area contributed by atoms with Crippen molar-refractivity contribution in [3.63, 3.8) is 0 Å². The zero-order chi connectivity index (χ0) is 15.2. The molecule has 0 aliphatic rings. The Labute approximate surface area is 121 Å². The molecular formula is C16H16F3NO. The number of hydrogen-bond donors (Lipinski definition) is 1. The Morgan fingerprint density at radius 2 is 1.81 bits per heavy atom. The summed E-state index contributed by atoms with van der Waals surface area (Å²) in [6.07, 6.45) is 0.695. The summed E-state index contributed by atoms with van der Waals surface area (Å²) in [6, 6.07) is 12.8. The van der Waals surface area contributed by atoms with Gasteiger partial charge in [-0.25, -0.2) is 4.39 Å². The number of anilines is 1. The van der Waals surface area contributed by atoms with E-state index in [1.807, 2.05) is 6.92 Å². The summed E-state index contributed by atoms with van der Waals surface area (Å²) >= 11 is 0. The van der Waals surface area contributed by atoms with Crippen molar-refractivity contribution in [2.45, 2.75) is 26.0 Å². The lowest BCUT2D eigenvalue weighted by Crippen LogP contribution is -2.18. The smallest absolute Gasteiger partial charge is 0.387 e. The number of ether oxygens (including phenoxy) is 1. The van der Waals surface area contributed by atoms with Crippen LogP contribution < -0.4 is 10.1 Å². The predicted octanol–water partition coefficient (Wildman–Crippen LogP) is 4.47. The highest BCUT2D eigenvalue weighted by Gasteiger charge is 2.07. The second-order valence-corrected chi connectivity index (χ2v) is 4.78. The van der Waals surface area contributed by atoms with Crippen LogP contribution in [0.15, 0.2) is 48.5 Å². The molecule has 21 heavy (non-hydrogen) atoms. The molecular weight excluding hydrogens is 279 g/mol. The van der Waals surface area contributed by atoms with Crippen LogP contribution in [-0.4, -0.2) is 12.7 Å². The van der Waals surface area contributed by atoms with Gasteiger partial charge in [0.15, 0.2) is 0 Å². The van der Waals surface area contributed by atoms with Crippen molar-refractivity contribution in [1.82, 2.24) is 0 Å². The fourth-order valence-corrected chi connectivity index (χ4v) is 2.07. The van der Waals surface area contributed by atoms with Gasteiger partial charge < -0.3 is 10.1 Å². The van der Waals surface area contributed by atoms with Crippen LogP contribution in [0.1, 0.15) is 12.5 Å². The SMILES string of the molecule is CC(Cc1ccc(F)cc1)Nc1cccc(OC(F)F)c1. The van der Waals surface area contributed by atoms with Crippen LogP contribution in [0.5, 0.6) is 5.75 Å². The molecule has 2 nitrogen and oxygen atoms in total. The Hall–Kier alpha value is -2.17. The molecule has 0 amide bonds. The molecule has 0 spiro atoms. The second kappa shape index (κ2) is 7.02. The molecule has 2 aromatic carbocycles. The molecule has 0 radical (unpaired) electrons. The first kappa shape index (κ1) is 15.2. The van der Waals surface area contributed by atoms with Crippen LogP contribution in [-0.2, 0) is 6.42 Å². The number of alkyl halides is 2. The maximum atomic E-state index is 12.8. The minimum atomic E-state index is -2.84. The van der Waals surface area contributed by atoms with E-state index in [0.717, 1.165) is 5.56 Å². The van der Waals surface area contributed by atoms with Crippen LogP contribution >= 0.6 is 0 Å². The molecule has 2 aromatic rings. The molecule has 0 saturated heterocycles. The standard InChI is InChI=1S/C16H16F3NO/c1-11(9-12-5-7-13(17)8-6-12)20-14-3-2-4-15(10-14)21-16(18)19/h2-8,10-11,16,20H,9H2,1H3. The molecule has 0 aromatic heterocycles. The van der Waals surface area contributed by atoms with Crippen molar-refractivity contribution in [2.24, 2.45) is 0 Å². The molecule has 112 valence electrons. The van der Waals surface area contributed by atoms with E-state index in [1.54, 1.807) is 24.3 Å². The van der Waals surface area contributed by atoms with Gasteiger partial charge in [-0.3, -0.25) is 0 Å².